The summed E-state index contributed by atoms with van der Waals surface area (Å²) in [6, 6.07) is 21.6. The molecule has 4 aromatic rings. The highest BCUT2D eigenvalue weighted by molar-refractivity contribution is 8.00. The lowest BCUT2D eigenvalue weighted by atomic mass is 10.1. The summed E-state index contributed by atoms with van der Waals surface area (Å²) in [4.78, 5) is 21.7. The zero-order chi connectivity index (χ0) is 25.8. The Hall–Kier alpha value is -3.38. The van der Waals surface area contributed by atoms with Crippen molar-refractivity contribution in [1.82, 2.24) is 9.97 Å². The predicted octanol–water partition coefficient (Wildman–Crippen LogP) is 8.24. The first-order chi connectivity index (χ1) is 17.8. The van der Waals surface area contributed by atoms with Crippen molar-refractivity contribution < 1.29 is 4.79 Å². The monoisotopic (exact) mass is 500 g/mol. The minimum atomic E-state index is -0.116. The molecule has 1 fully saturated rings. The Labute approximate surface area is 219 Å². The van der Waals surface area contributed by atoms with E-state index in [9.17, 15) is 4.79 Å². The summed E-state index contributed by atoms with van der Waals surface area (Å²) >= 11 is 1.88. The van der Waals surface area contributed by atoms with Gasteiger partial charge >= 0.3 is 0 Å². The fraction of sp³-hybridized carbons (Fsp3) is 0.300. The third kappa shape index (κ3) is 7.08. The molecule has 0 atom stereocenters. The number of rotatable bonds is 4. The van der Waals surface area contributed by atoms with Gasteiger partial charge in [0.1, 0.15) is 0 Å². The zero-order valence-corrected chi connectivity index (χ0v) is 22.5. The molecule has 188 valence electrons. The average Bonchev–Trinajstić information content (AvgIpc) is 3.25. The van der Waals surface area contributed by atoms with Crippen molar-refractivity contribution >= 4 is 40.1 Å². The molecule has 0 saturated carbocycles. The second-order valence-corrected chi connectivity index (χ2v) is 8.95. The first-order valence-electron chi connectivity index (χ1n) is 12.9. The van der Waals surface area contributed by atoms with Crippen LogP contribution in [0.15, 0.2) is 79.1 Å². The number of pyridine rings is 2. The van der Waals surface area contributed by atoms with Crippen LogP contribution in [0.25, 0.3) is 22.2 Å². The Morgan fingerprint density at radius 3 is 2.53 bits per heavy atom. The van der Waals surface area contributed by atoms with E-state index in [0.29, 0.717) is 5.56 Å². The van der Waals surface area contributed by atoms with Crippen molar-refractivity contribution in [1.29, 1.82) is 0 Å². The van der Waals surface area contributed by atoms with Crippen LogP contribution >= 0.6 is 11.9 Å². The van der Waals surface area contributed by atoms with E-state index >= 15 is 0 Å². The molecule has 1 saturated heterocycles. The van der Waals surface area contributed by atoms with Gasteiger partial charge in [-0.2, -0.15) is 0 Å². The molecule has 1 N–H and O–H groups in total. The summed E-state index contributed by atoms with van der Waals surface area (Å²) < 4.78 is 2.34. The number of hydrogen-bond donors (Lipinski definition) is 1. The van der Waals surface area contributed by atoms with Gasteiger partial charge in [-0.15, -0.1) is 0 Å². The first kappa shape index (κ1) is 27.2. The normalized spacial score (nSPS) is 12.9. The number of hydrogen-bond acceptors (Lipinski definition) is 5. The lowest BCUT2D eigenvalue weighted by Gasteiger charge is -2.21. The summed E-state index contributed by atoms with van der Waals surface area (Å²) in [6.45, 7) is 9.06. The van der Waals surface area contributed by atoms with Crippen molar-refractivity contribution in [2.45, 2.75) is 47.0 Å². The van der Waals surface area contributed by atoms with Crippen molar-refractivity contribution in [2.75, 3.05) is 21.9 Å². The summed E-state index contributed by atoms with van der Waals surface area (Å²) in [5, 5.41) is 4.02. The van der Waals surface area contributed by atoms with Crippen LogP contribution in [0, 0.1) is 0 Å². The maximum absolute atomic E-state index is 12.8. The molecule has 0 bridgehead atoms. The maximum Gasteiger partial charge on any atom is 0.255 e. The number of aromatic nitrogens is 2. The molecule has 0 unspecified atom stereocenters. The molecule has 1 amide bonds. The number of benzene rings is 2. The first-order valence-corrected chi connectivity index (χ1v) is 13.8. The van der Waals surface area contributed by atoms with E-state index < -0.39 is 0 Å². The van der Waals surface area contributed by atoms with E-state index in [0.717, 1.165) is 45.8 Å². The smallest absolute Gasteiger partial charge is 0.255 e. The quantitative estimate of drug-likeness (QED) is 0.286. The van der Waals surface area contributed by atoms with Crippen molar-refractivity contribution in [3.8, 4) is 11.3 Å². The molecule has 1 aliphatic heterocycles. The Kier molecular flexibility index (Phi) is 10.8. The molecule has 2 aromatic carbocycles. The van der Waals surface area contributed by atoms with Gasteiger partial charge in [0.2, 0.25) is 0 Å². The maximum atomic E-state index is 12.8. The molecule has 6 heteroatoms. The third-order valence-electron chi connectivity index (χ3n) is 5.58. The van der Waals surface area contributed by atoms with Gasteiger partial charge in [0.25, 0.3) is 5.91 Å². The largest absolute Gasteiger partial charge is 0.322 e. The highest BCUT2D eigenvalue weighted by Crippen LogP contribution is 2.28. The van der Waals surface area contributed by atoms with E-state index in [2.05, 4.69) is 14.6 Å². The Morgan fingerprint density at radius 1 is 0.917 bits per heavy atom. The standard InChI is InChI=1S/C26H24N4OS.2C2H6/c31-26(19-7-10-23(11-8-19)30-15-2-1-3-16-32-30)28-22-6-4-5-20(17-22)24-12-9-21-18-27-14-13-25(21)29-24;2*1-2/h4-14,17-18H,1-3,15-16H2,(H,28,31);2*1-2H3. The molecular weight excluding hydrogens is 464 g/mol. The molecule has 1 aliphatic rings. The van der Waals surface area contributed by atoms with E-state index in [1.54, 1.807) is 12.4 Å². The van der Waals surface area contributed by atoms with Crippen molar-refractivity contribution in [3.05, 3.63) is 84.7 Å². The van der Waals surface area contributed by atoms with E-state index in [1.165, 1.54) is 19.3 Å². The Balaban J connectivity index is 0.000000861. The van der Waals surface area contributed by atoms with Crippen LogP contribution in [0.4, 0.5) is 11.4 Å². The minimum absolute atomic E-state index is 0.116. The van der Waals surface area contributed by atoms with Crippen molar-refractivity contribution in [3.63, 3.8) is 0 Å². The zero-order valence-electron chi connectivity index (χ0n) is 21.7. The number of carbonyl (C=O) groups excluding carboxylic acids is 1. The fourth-order valence-corrected chi connectivity index (χ4v) is 4.92. The number of anilines is 2. The van der Waals surface area contributed by atoms with Crippen LogP contribution in [0.2, 0.25) is 0 Å². The Morgan fingerprint density at radius 2 is 1.72 bits per heavy atom. The lowest BCUT2D eigenvalue weighted by molar-refractivity contribution is 0.102. The molecule has 0 radical (unpaired) electrons. The lowest BCUT2D eigenvalue weighted by Crippen LogP contribution is -2.15. The Bertz CT molecular complexity index is 1240. The fourth-order valence-electron chi connectivity index (χ4n) is 3.84. The molecule has 3 heterocycles. The SMILES string of the molecule is CC.CC.O=C(Nc1cccc(-c2ccc3cnccc3n2)c1)c1ccc(N2CCCCCS2)cc1. The number of amides is 1. The summed E-state index contributed by atoms with van der Waals surface area (Å²) in [5.41, 5.74) is 5.27. The second kappa shape index (κ2) is 14.2. The molecule has 5 rings (SSSR count). The molecular formula is C30H36N4OS. The molecule has 2 aromatic heterocycles. The van der Waals surface area contributed by atoms with Gasteiger partial charge < -0.3 is 9.62 Å². The van der Waals surface area contributed by atoms with Crippen LogP contribution < -0.4 is 9.62 Å². The van der Waals surface area contributed by atoms with Crippen LogP contribution in [0.5, 0.6) is 0 Å². The number of nitrogens with one attached hydrogen (secondary N) is 1. The highest BCUT2D eigenvalue weighted by atomic mass is 32.2. The van der Waals surface area contributed by atoms with Gasteiger partial charge in [0, 0.05) is 52.6 Å². The predicted molar refractivity (Wildman–Crippen MR) is 156 cm³/mol. The van der Waals surface area contributed by atoms with Crippen LogP contribution in [-0.4, -0.2) is 28.2 Å². The van der Waals surface area contributed by atoms with Gasteiger partial charge in [-0.05, 0) is 79.4 Å². The van der Waals surface area contributed by atoms with Gasteiger partial charge in [-0.25, -0.2) is 4.98 Å². The average molecular weight is 501 g/mol. The van der Waals surface area contributed by atoms with Gasteiger partial charge in [-0.1, -0.05) is 46.2 Å². The van der Waals surface area contributed by atoms with E-state index in [4.69, 9.17) is 4.98 Å². The van der Waals surface area contributed by atoms with Gasteiger partial charge in [0.15, 0.2) is 0 Å². The summed E-state index contributed by atoms with van der Waals surface area (Å²) in [6.07, 6.45) is 7.32. The van der Waals surface area contributed by atoms with Crippen molar-refractivity contribution in [2.24, 2.45) is 0 Å². The number of fused-ring (bicyclic) bond motifs is 1. The molecule has 5 nitrogen and oxygen atoms in total. The number of carbonyl (C=O) groups is 1. The van der Waals surface area contributed by atoms with E-state index in [-0.39, 0.29) is 5.91 Å². The van der Waals surface area contributed by atoms with Crippen LogP contribution in [0.3, 0.4) is 0 Å². The van der Waals surface area contributed by atoms with Gasteiger partial charge in [0.05, 0.1) is 11.2 Å². The second-order valence-electron chi connectivity index (χ2n) is 7.84. The molecule has 36 heavy (non-hydrogen) atoms. The van der Waals surface area contributed by atoms with Crippen LogP contribution in [-0.2, 0) is 0 Å². The topological polar surface area (TPSA) is 58.1 Å². The number of nitrogens with zero attached hydrogens (tertiary/aromatic N) is 3. The third-order valence-corrected chi connectivity index (χ3v) is 6.75. The molecule has 0 spiro atoms. The minimum Gasteiger partial charge on any atom is -0.322 e. The van der Waals surface area contributed by atoms with Crippen LogP contribution in [0.1, 0.15) is 57.3 Å². The summed E-state index contributed by atoms with van der Waals surface area (Å²) in [5.74, 6) is 1.04. The molecule has 0 aliphatic carbocycles. The summed E-state index contributed by atoms with van der Waals surface area (Å²) in [7, 11) is 0. The van der Waals surface area contributed by atoms with Gasteiger partial charge in [-0.3, -0.25) is 9.78 Å². The highest BCUT2D eigenvalue weighted by Gasteiger charge is 2.13. The van der Waals surface area contributed by atoms with E-state index in [1.807, 2.05) is 106 Å².